The molecule has 8 aromatic carbocycles. The summed E-state index contributed by atoms with van der Waals surface area (Å²) in [6.07, 6.45) is -36.8. The van der Waals surface area contributed by atoms with Crippen LogP contribution in [0.3, 0.4) is 0 Å². The van der Waals surface area contributed by atoms with Gasteiger partial charge in [-0.25, -0.2) is 70.2 Å². The van der Waals surface area contributed by atoms with Gasteiger partial charge in [0.05, 0.1) is 143 Å². The van der Waals surface area contributed by atoms with E-state index < -0.39 is 241 Å². The smallest absolute Gasteiger partial charge is 0.165 e. The molecular formula is C80H80F16N16. The largest absolute Gasteiger partial charge is 0.377 e. The predicted octanol–water partition coefficient (Wildman–Crippen LogP) is 12.0. The SMILES string of the molecule is Fc1ccccc1NC1C(Nc2ccccc2F)C(Nc2ccccc2F)C2C3NC(NC4NC(NC5NC(NC6NC(N3)C3C(Nc7ccccc7F)C(Nc7ccccc7F)C(Nc7ccccc7F)C(Nc7ccccc7F)C63)C3C(F)C(F)C(F)C(F)C53)C3C(F)C(F)C(F)C(F)C43)C2C1Nc1ccccc1F. The van der Waals surface area contributed by atoms with Crippen molar-refractivity contribution in [3.8, 4) is 0 Å². The molecule has 5 heterocycles. The molecule has 0 spiro atoms. The van der Waals surface area contributed by atoms with Gasteiger partial charge >= 0.3 is 0 Å². The van der Waals surface area contributed by atoms with Crippen LogP contribution in [0.4, 0.5) is 116 Å². The number of anilines is 8. The van der Waals surface area contributed by atoms with Gasteiger partial charge < -0.3 is 42.5 Å². The molecule has 16 N–H and O–H groups in total. The number of hydrogen-bond donors (Lipinski definition) is 16. The van der Waals surface area contributed by atoms with Crippen molar-refractivity contribution in [1.29, 1.82) is 0 Å². The number of rotatable bonds is 16. The maximum Gasteiger partial charge on any atom is 0.165 e. The number of alkyl halides is 8. The molecule has 32 atom stereocenters. The van der Waals surface area contributed by atoms with Gasteiger partial charge in [0, 0.05) is 47.3 Å². The number of halogens is 16. The van der Waals surface area contributed by atoms with E-state index in [2.05, 4.69) is 85.1 Å². The van der Waals surface area contributed by atoms with Crippen LogP contribution in [0, 0.1) is 93.9 Å². The van der Waals surface area contributed by atoms with E-state index >= 15 is 70.2 Å². The Hall–Kier alpha value is -9.28. The molecule has 592 valence electrons. The fraction of sp³-hybridized carbons (Fsp3) is 0.400. The molecule has 16 nitrogen and oxygen atoms in total. The highest BCUT2D eigenvalue weighted by molar-refractivity contribution is 5.59. The second-order valence-corrected chi connectivity index (χ2v) is 30.5. The number of nitrogens with one attached hydrogen (secondary N) is 16. The van der Waals surface area contributed by atoms with Crippen LogP contribution in [0.2, 0.25) is 0 Å². The quantitative estimate of drug-likeness (QED) is 0.0408. The second-order valence-electron chi connectivity index (χ2n) is 30.5. The number of benzene rings is 8. The lowest BCUT2D eigenvalue weighted by atomic mass is 9.65. The molecule has 5 saturated heterocycles. The fourth-order valence-electron chi connectivity index (χ4n) is 19.8. The van der Waals surface area contributed by atoms with Crippen LogP contribution in [0.15, 0.2) is 194 Å². The van der Waals surface area contributed by atoms with E-state index in [1.54, 1.807) is 0 Å². The Balaban J connectivity index is 0.925. The van der Waals surface area contributed by atoms with Gasteiger partial charge in [-0.1, -0.05) is 97.1 Å². The molecule has 0 radical (unpaired) electrons. The topological polar surface area (TPSA) is 192 Å². The third kappa shape index (κ3) is 13.7. The summed E-state index contributed by atoms with van der Waals surface area (Å²) in [5.41, 5.74) is -1.27. The van der Waals surface area contributed by atoms with Crippen LogP contribution < -0.4 is 85.1 Å². The molecular weight excluding hydrogens is 1490 g/mol. The Kier molecular flexibility index (Phi) is 20.8. The minimum absolute atomic E-state index is 0.150. The van der Waals surface area contributed by atoms with E-state index in [-0.39, 0.29) is 45.5 Å². The van der Waals surface area contributed by atoms with Gasteiger partial charge in [0.1, 0.15) is 71.2 Å². The van der Waals surface area contributed by atoms with E-state index in [0.717, 1.165) is 48.5 Å². The molecule has 5 aliphatic heterocycles. The lowest BCUT2D eigenvalue weighted by molar-refractivity contribution is -0.0871. The highest BCUT2D eigenvalue weighted by Crippen LogP contribution is 2.53. The normalized spacial score (nSPS) is 38.4. The molecule has 32 unspecified atom stereocenters. The Morgan fingerprint density at radius 3 is 0.429 bits per heavy atom. The van der Waals surface area contributed by atoms with E-state index in [9.17, 15) is 0 Å². The van der Waals surface area contributed by atoms with E-state index in [1.165, 1.54) is 146 Å². The molecule has 4 aliphatic carbocycles. The predicted molar refractivity (Wildman–Crippen MR) is 393 cm³/mol. The van der Waals surface area contributed by atoms with Crippen molar-refractivity contribution in [2.75, 3.05) is 42.5 Å². The summed E-state index contributed by atoms with van der Waals surface area (Å²) in [4.78, 5) is 0. The molecule has 4 saturated carbocycles. The van der Waals surface area contributed by atoms with Crippen molar-refractivity contribution in [2.24, 2.45) is 47.3 Å². The van der Waals surface area contributed by atoms with Crippen molar-refractivity contribution in [3.05, 3.63) is 241 Å². The Labute approximate surface area is 633 Å². The summed E-state index contributed by atoms with van der Waals surface area (Å²) in [7, 11) is 0. The third-order valence-electron chi connectivity index (χ3n) is 24.6. The maximum atomic E-state index is 17.7. The zero-order chi connectivity index (χ0) is 77.7. The summed E-state index contributed by atoms with van der Waals surface area (Å²) in [5, 5.41) is 54.1. The van der Waals surface area contributed by atoms with Crippen molar-refractivity contribution in [3.63, 3.8) is 0 Å². The van der Waals surface area contributed by atoms with Crippen molar-refractivity contribution < 1.29 is 70.2 Å². The third-order valence-corrected chi connectivity index (χ3v) is 24.6. The zero-order valence-corrected chi connectivity index (χ0v) is 59.0. The first-order valence-electron chi connectivity index (χ1n) is 37.5. The minimum atomic E-state index is -3.12. The summed E-state index contributed by atoms with van der Waals surface area (Å²) in [6.45, 7) is 0. The van der Waals surface area contributed by atoms with Crippen molar-refractivity contribution >= 4 is 45.5 Å². The van der Waals surface area contributed by atoms with Gasteiger partial charge in [-0.3, -0.25) is 42.5 Å². The molecule has 9 aliphatic rings. The molecule has 112 heavy (non-hydrogen) atoms. The minimum Gasteiger partial charge on any atom is -0.377 e. The van der Waals surface area contributed by atoms with Gasteiger partial charge in [0.2, 0.25) is 0 Å². The van der Waals surface area contributed by atoms with E-state index in [1.807, 2.05) is 0 Å². The second kappa shape index (κ2) is 30.9. The lowest BCUT2D eigenvalue weighted by Crippen LogP contribution is -2.72. The highest BCUT2D eigenvalue weighted by Gasteiger charge is 2.69. The Morgan fingerprint density at radius 1 is 0.161 bits per heavy atom. The summed E-state index contributed by atoms with van der Waals surface area (Å²) in [5.74, 6) is -19.5. The molecule has 0 amide bonds. The number of fused-ring (bicyclic) bond motifs is 20. The van der Waals surface area contributed by atoms with Crippen molar-refractivity contribution in [1.82, 2.24) is 42.5 Å². The number of hydrogen-bond acceptors (Lipinski definition) is 16. The van der Waals surface area contributed by atoms with Crippen LogP contribution in [0.1, 0.15) is 0 Å². The van der Waals surface area contributed by atoms with Crippen molar-refractivity contribution in [2.45, 2.75) is 147 Å². The standard InChI is InChI=1S/C80H80F16N16/c81-33-17-1-9-25-41(33)97-65-53-55(67(99-43-27-11-3-19-35(43)83)71(103-47-31-15-7-23-39(47)87)69(65)101-45-29-13-5-21-37(45)85)79-110-77(53)108-75-51-49(57(89)61(93)63(95)59(51)91)73(106-75)105-74-50-52(60(92)64(96)62(94)58(50)90)76(107-74)109-78-54-56(80(111-78)112-79)68(100-44-28-12-4-20-36(44)84)72(104-48-32-16-8-24-40(48)88)70(102-46-30-14-6-22-38(46)86)66(54)98-42-26-10-2-18-34(42)82/h1-32,49-80,97-112H. The van der Waals surface area contributed by atoms with Crippen LogP contribution in [0.5, 0.6) is 0 Å². The molecule has 0 aromatic heterocycles. The van der Waals surface area contributed by atoms with Crippen LogP contribution in [-0.4, -0.2) is 147 Å². The summed E-state index contributed by atoms with van der Waals surface area (Å²) < 4.78 is 272. The zero-order valence-electron chi connectivity index (χ0n) is 59.0. The van der Waals surface area contributed by atoms with Crippen LogP contribution >= 0.6 is 0 Å². The Morgan fingerprint density at radius 2 is 0.286 bits per heavy atom. The average Bonchev–Trinajstić information content (AvgIpc) is 1.53. The van der Waals surface area contributed by atoms with Gasteiger partial charge in [0.25, 0.3) is 0 Å². The summed E-state index contributed by atoms with van der Waals surface area (Å²) >= 11 is 0. The average molecular weight is 1570 g/mol. The molecule has 32 heteroatoms. The molecule has 8 bridgehead atoms. The first-order chi connectivity index (χ1) is 54.2. The summed E-state index contributed by atoms with van der Waals surface area (Å²) in [6, 6.07) is 32.9. The molecule has 9 fully saturated rings. The lowest BCUT2D eigenvalue weighted by Gasteiger charge is -2.54. The monoisotopic (exact) mass is 1570 g/mol. The first-order valence-corrected chi connectivity index (χ1v) is 37.5. The first kappa shape index (κ1) is 75.4. The van der Waals surface area contributed by atoms with E-state index in [0.29, 0.717) is 0 Å². The maximum absolute atomic E-state index is 17.7. The van der Waals surface area contributed by atoms with Gasteiger partial charge in [-0.05, 0) is 97.1 Å². The number of para-hydroxylation sites is 8. The van der Waals surface area contributed by atoms with E-state index in [4.69, 9.17) is 0 Å². The van der Waals surface area contributed by atoms with Crippen LogP contribution in [0.25, 0.3) is 0 Å². The highest BCUT2D eigenvalue weighted by atomic mass is 19.2. The Bertz CT molecular complexity index is 4380. The van der Waals surface area contributed by atoms with Crippen LogP contribution in [-0.2, 0) is 0 Å². The van der Waals surface area contributed by atoms with Gasteiger partial charge in [-0.15, -0.1) is 0 Å². The van der Waals surface area contributed by atoms with Gasteiger partial charge in [-0.2, -0.15) is 0 Å². The molecule has 8 aromatic rings. The fourth-order valence-corrected chi connectivity index (χ4v) is 19.8. The van der Waals surface area contributed by atoms with Gasteiger partial charge in [0.15, 0.2) is 24.7 Å². The molecule has 17 rings (SSSR count).